The Labute approximate surface area is 223 Å². The van der Waals surface area contributed by atoms with E-state index in [0.717, 1.165) is 34.1 Å². The lowest BCUT2D eigenvalue weighted by molar-refractivity contribution is -0.148. The van der Waals surface area contributed by atoms with Gasteiger partial charge in [-0.2, -0.15) is 5.10 Å². The molecule has 2 aromatic carbocycles. The first kappa shape index (κ1) is 24.7. The van der Waals surface area contributed by atoms with Gasteiger partial charge in [-0.1, -0.05) is 58.9 Å². The normalized spacial score (nSPS) is 19.7. The summed E-state index contributed by atoms with van der Waals surface area (Å²) in [5, 5.41) is 5.15. The molecule has 0 bridgehead atoms. The van der Waals surface area contributed by atoms with Gasteiger partial charge in [-0.15, -0.1) is 0 Å². The lowest BCUT2D eigenvalue weighted by Gasteiger charge is -2.47. The Morgan fingerprint density at radius 2 is 1.61 bits per heavy atom. The van der Waals surface area contributed by atoms with Crippen LogP contribution < -0.4 is 14.4 Å². The average Bonchev–Trinajstić information content (AvgIpc) is 3.47. The van der Waals surface area contributed by atoms with Crippen LogP contribution in [0.3, 0.4) is 0 Å². The third-order valence-electron chi connectivity index (χ3n) is 8.06. The second-order valence-electron chi connectivity index (χ2n) is 12.8. The van der Waals surface area contributed by atoms with Crippen molar-refractivity contribution in [3.63, 3.8) is 0 Å². The number of benzene rings is 2. The van der Waals surface area contributed by atoms with Gasteiger partial charge >= 0.3 is 0 Å². The first-order chi connectivity index (χ1) is 18.0. The summed E-state index contributed by atoms with van der Waals surface area (Å²) in [7, 11) is 0. The van der Waals surface area contributed by atoms with Crippen LogP contribution in [0.5, 0.6) is 11.5 Å². The number of para-hydroxylation sites is 1. The van der Waals surface area contributed by atoms with E-state index in [1.807, 2.05) is 67.1 Å². The molecule has 1 aliphatic carbocycles. The van der Waals surface area contributed by atoms with Crippen LogP contribution in [0.1, 0.15) is 64.3 Å². The smallest absolute Gasteiger partial charge is 0.231 e. The molecule has 1 spiro atoms. The quantitative estimate of drug-likeness (QED) is 0.436. The second kappa shape index (κ2) is 8.45. The number of nitrogens with zero attached hydrogens (tertiary/aromatic N) is 3. The van der Waals surface area contributed by atoms with Crippen molar-refractivity contribution in [2.45, 2.75) is 65.8 Å². The van der Waals surface area contributed by atoms with Gasteiger partial charge < -0.3 is 14.4 Å². The third kappa shape index (κ3) is 3.99. The van der Waals surface area contributed by atoms with E-state index in [1.54, 1.807) is 0 Å². The minimum absolute atomic E-state index is 0.0485. The molecule has 7 heteroatoms. The second-order valence-corrected chi connectivity index (χ2v) is 12.8. The lowest BCUT2D eigenvalue weighted by Crippen LogP contribution is -2.57. The van der Waals surface area contributed by atoms with Crippen molar-refractivity contribution in [1.29, 1.82) is 0 Å². The molecule has 1 saturated carbocycles. The van der Waals surface area contributed by atoms with Crippen LogP contribution >= 0.6 is 0 Å². The first-order valence-electron chi connectivity index (χ1n) is 13.3. The van der Waals surface area contributed by atoms with Gasteiger partial charge in [-0.3, -0.25) is 9.59 Å². The standard InChI is InChI=1S/C31H35N3O4/c1-29(2,3)27-22-14-31(25(35)15-30(4,5)16-26(31)36)18-33(17-20-11-12-23-24(13-20)38-19-37-23)28(22)34(32-27)21-9-7-6-8-10-21/h6-13H,14-19H2,1-5H3. The largest absolute Gasteiger partial charge is 0.454 e. The van der Waals surface area contributed by atoms with Gasteiger partial charge in [-0.05, 0) is 41.7 Å². The van der Waals surface area contributed by atoms with Gasteiger partial charge in [0.15, 0.2) is 11.5 Å². The van der Waals surface area contributed by atoms with Crippen LogP contribution in [0.15, 0.2) is 48.5 Å². The lowest BCUT2D eigenvalue weighted by atomic mass is 9.60. The molecule has 2 aliphatic heterocycles. The van der Waals surface area contributed by atoms with Gasteiger partial charge in [0.05, 0.1) is 11.4 Å². The van der Waals surface area contributed by atoms with Crippen molar-refractivity contribution in [1.82, 2.24) is 9.78 Å². The number of carbonyl (C=O) groups is 2. The van der Waals surface area contributed by atoms with Crippen molar-refractivity contribution in [2.75, 3.05) is 18.2 Å². The highest BCUT2D eigenvalue weighted by atomic mass is 16.7. The number of rotatable bonds is 3. The molecule has 0 N–H and O–H groups in total. The summed E-state index contributed by atoms with van der Waals surface area (Å²) in [6.45, 7) is 11.5. The maximum absolute atomic E-state index is 13.9. The SMILES string of the molecule is CC1(C)CC(=O)C2(Cc3c(C(C)(C)C)nn(-c4ccccc4)c3N(Cc3ccc4c(c3)OCO4)C2)C(=O)C1. The molecule has 7 nitrogen and oxygen atoms in total. The Bertz CT molecular complexity index is 1410. The zero-order valence-corrected chi connectivity index (χ0v) is 22.8. The highest BCUT2D eigenvalue weighted by molar-refractivity contribution is 6.11. The fourth-order valence-corrected chi connectivity index (χ4v) is 6.23. The number of hydrogen-bond acceptors (Lipinski definition) is 6. The van der Waals surface area contributed by atoms with Crippen LogP contribution in [-0.4, -0.2) is 34.7 Å². The van der Waals surface area contributed by atoms with Crippen LogP contribution in [0.25, 0.3) is 5.69 Å². The molecule has 3 aliphatic rings. The number of Topliss-reactive ketones (excluding diaryl/α,β-unsaturated/α-hetero) is 2. The highest BCUT2D eigenvalue weighted by Crippen LogP contribution is 2.49. The zero-order valence-electron chi connectivity index (χ0n) is 22.8. The van der Waals surface area contributed by atoms with Crippen molar-refractivity contribution in [2.24, 2.45) is 10.8 Å². The van der Waals surface area contributed by atoms with Gasteiger partial charge in [0.2, 0.25) is 6.79 Å². The maximum Gasteiger partial charge on any atom is 0.231 e. The Kier molecular flexibility index (Phi) is 5.49. The van der Waals surface area contributed by atoms with Crippen LogP contribution in [-0.2, 0) is 28.0 Å². The number of anilines is 1. The Balaban J connectivity index is 1.53. The molecular weight excluding hydrogens is 478 g/mol. The van der Waals surface area contributed by atoms with Crippen molar-refractivity contribution >= 4 is 17.4 Å². The van der Waals surface area contributed by atoms with E-state index in [2.05, 4.69) is 25.7 Å². The number of aromatic nitrogens is 2. The molecule has 0 unspecified atom stereocenters. The molecule has 0 radical (unpaired) electrons. The van der Waals surface area contributed by atoms with Crippen LogP contribution in [0.2, 0.25) is 0 Å². The van der Waals surface area contributed by atoms with E-state index in [0.29, 0.717) is 38.1 Å². The fourth-order valence-electron chi connectivity index (χ4n) is 6.23. The molecule has 1 fully saturated rings. The topological polar surface area (TPSA) is 73.7 Å². The highest BCUT2D eigenvalue weighted by Gasteiger charge is 2.56. The minimum Gasteiger partial charge on any atom is -0.454 e. The molecular formula is C31H35N3O4. The fraction of sp³-hybridized carbons (Fsp3) is 0.452. The van der Waals surface area contributed by atoms with E-state index >= 15 is 0 Å². The first-order valence-corrected chi connectivity index (χ1v) is 13.3. The number of ether oxygens (including phenoxy) is 2. The number of ketones is 2. The maximum atomic E-state index is 13.9. The summed E-state index contributed by atoms with van der Waals surface area (Å²) in [5.41, 5.74) is 2.24. The zero-order chi connectivity index (χ0) is 26.9. The summed E-state index contributed by atoms with van der Waals surface area (Å²) in [4.78, 5) is 30.0. The van der Waals surface area contributed by atoms with Crippen molar-refractivity contribution in [3.05, 3.63) is 65.4 Å². The van der Waals surface area contributed by atoms with Gasteiger partial charge in [0, 0.05) is 36.9 Å². The molecule has 38 heavy (non-hydrogen) atoms. The Morgan fingerprint density at radius 1 is 0.921 bits per heavy atom. The predicted octanol–water partition coefficient (Wildman–Crippen LogP) is 5.41. The van der Waals surface area contributed by atoms with Gasteiger partial charge in [-0.25, -0.2) is 4.68 Å². The summed E-state index contributed by atoms with van der Waals surface area (Å²) >= 11 is 0. The number of hydrogen-bond donors (Lipinski definition) is 0. The predicted molar refractivity (Wildman–Crippen MR) is 145 cm³/mol. The van der Waals surface area contributed by atoms with E-state index < -0.39 is 5.41 Å². The van der Waals surface area contributed by atoms with E-state index in [9.17, 15) is 9.59 Å². The molecule has 0 amide bonds. The average molecular weight is 514 g/mol. The van der Waals surface area contributed by atoms with Gasteiger partial charge in [0.25, 0.3) is 0 Å². The molecule has 3 aromatic rings. The molecule has 1 aromatic heterocycles. The summed E-state index contributed by atoms with van der Waals surface area (Å²) in [6, 6.07) is 16.0. The molecule has 3 heterocycles. The third-order valence-corrected chi connectivity index (χ3v) is 8.06. The number of fused-ring (bicyclic) bond motifs is 2. The van der Waals surface area contributed by atoms with Crippen molar-refractivity contribution in [3.8, 4) is 17.2 Å². The summed E-state index contributed by atoms with van der Waals surface area (Å²) < 4.78 is 13.2. The summed E-state index contributed by atoms with van der Waals surface area (Å²) in [6.07, 6.45) is 1.21. The summed E-state index contributed by atoms with van der Waals surface area (Å²) in [5.74, 6) is 2.50. The Hall–Kier alpha value is -3.61. The number of carbonyl (C=O) groups excluding carboxylic acids is 2. The molecule has 6 rings (SSSR count). The molecule has 0 atom stereocenters. The van der Waals surface area contributed by atoms with Crippen LogP contribution in [0, 0.1) is 10.8 Å². The molecule has 198 valence electrons. The monoisotopic (exact) mass is 513 g/mol. The van der Waals surface area contributed by atoms with Crippen molar-refractivity contribution < 1.29 is 19.1 Å². The molecule has 0 saturated heterocycles. The van der Waals surface area contributed by atoms with E-state index in [4.69, 9.17) is 14.6 Å². The van der Waals surface area contributed by atoms with E-state index in [-0.39, 0.29) is 29.2 Å². The Morgan fingerprint density at radius 3 is 2.29 bits per heavy atom. The van der Waals surface area contributed by atoms with E-state index in [1.165, 1.54) is 0 Å². The minimum atomic E-state index is -1.07. The van der Waals surface area contributed by atoms with Gasteiger partial charge in [0.1, 0.15) is 22.8 Å². The van der Waals surface area contributed by atoms with Crippen LogP contribution in [0.4, 0.5) is 5.82 Å².